The molecular weight excluding hydrogens is 376 g/mol. The van der Waals surface area contributed by atoms with Crippen LogP contribution in [-0.2, 0) is 12.8 Å². The SMILES string of the molecule is Cc1cc2ccc3c(c2s1)Cc1cc2c(cc1-3)Cc1c-2ccc2cc(C)sc12. The Bertz CT molecular complexity index is 1360. The topological polar surface area (TPSA) is 0 Å². The lowest BCUT2D eigenvalue weighted by Gasteiger charge is -2.06. The molecule has 0 spiro atoms. The van der Waals surface area contributed by atoms with Gasteiger partial charge in [-0.05, 0) is 93.4 Å². The summed E-state index contributed by atoms with van der Waals surface area (Å²) in [6, 6.07) is 19.0. The highest BCUT2D eigenvalue weighted by Crippen LogP contribution is 2.49. The number of rotatable bonds is 0. The Morgan fingerprint density at radius 2 is 1.04 bits per heavy atom. The molecule has 2 heterocycles. The van der Waals surface area contributed by atoms with Crippen LogP contribution in [0.1, 0.15) is 32.0 Å². The molecule has 0 fully saturated rings. The number of hydrogen-bond acceptors (Lipinski definition) is 2. The Balaban J connectivity index is 1.44. The molecule has 3 aromatic carbocycles. The summed E-state index contributed by atoms with van der Waals surface area (Å²) in [5, 5.41) is 2.81. The second-order valence-electron chi connectivity index (χ2n) is 8.25. The zero-order chi connectivity index (χ0) is 18.6. The van der Waals surface area contributed by atoms with Gasteiger partial charge in [0.15, 0.2) is 0 Å². The second kappa shape index (κ2) is 5.14. The van der Waals surface area contributed by atoms with E-state index in [-0.39, 0.29) is 0 Å². The summed E-state index contributed by atoms with van der Waals surface area (Å²) < 4.78 is 2.98. The molecule has 0 aliphatic heterocycles. The molecule has 2 aliphatic carbocycles. The minimum atomic E-state index is 1.07. The highest BCUT2D eigenvalue weighted by molar-refractivity contribution is 7.19. The van der Waals surface area contributed by atoms with Crippen LogP contribution in [-0.4, -0.2) is 0 Å². The van der Waals surface area contributed by atoms with Crippen LogP contribution in [0, 0.1) is 13.8 Å². The lowest BCUT2D eigenvalue weighted by molar-refractivity contribution is 1.26. The van der Waals surface area contributed by atoms with Gasteiger partial charge in [0.25, 0.3) is 0 Å². The monoisotopic (exact) mass is 394 g/mol. The summed E-state index contributed by atoms with van der Waals surface area (Å²) in [5.74, 6) is 0. The fraction of sp³-hybridized carbons (Fsp3) is 0.154. The number of benzene rings is 3. The van der Waals surface area contributed by atoms with Crippen LogP contribution >= 0.6 is 22.7 Å². The second-order valence-corrected chi connectivity index (χ2v) is 10.8. The fourth-order valence-electron chi connectivity index (χ4n) is 5.30. The summed E-state index contributed by atoms with van der Waals surface area (Å²) in [6.45, 7) is 4.44. The molecular formula is C26H18S2. The molecule has 5 aromatic rings. The maximum Gasteiger partial charge on any atom is 0.0387 e. The number of hydrogen-bond donors (Lipinski definition) is 0. The standard InChI is InChI=1S/C26H18S2/c1-13-7-15-3-5-19-21-10-18-12-24-20(6-4-16-8-14(2)28-26(16)24)22(18)9-17(21)11-23(19)25(15)27-13/h3-10H,11-12H2,1-2H3. The molecule has 0 unspecified atom stereocenters. The van der Waals surface area contributed by atoms with Crippen LogP contribution in [0.3, 0.4) is 0 Å². The highest BCUT2D eigenvalue weighted by Gasteiger charge is 2.27. The van der Waals surface area contributed by atoms with E-state index in [9.17, 15) is 0 Å². The van der Waals surface area contributed by atoms with Crippen LogP contribution in [0.4, 0.5) is 0 Å². The molecule has 0 atom stereocenters. The molecule has 0 nitrogen and oxygen atoms in total. The summed E-state index contributed by atoms with van der Waals surface area (Å²) in [4.78, 5) is 2.82. The summed E-state index contributed by atoms with van der Waals surface area (Å²) in [5.41, 5.74) is 11.9. The van der Waals surface area contributed by atoms with Crippen molar-refractivity contribution in [3.63, 3.8) is 0 Å². The van der Waals surface area contributed by atoms with Crippen molar-refractivity contribution < 1.29 is 0 Å². The first kappa shape index (κ1) is 15.5. The van der Waals surface area contributed by atoms with E-state index in [1.54, 1.807) is 11.1 Å². The van der Waals surface area contributed by atoms with Crippen molar-refractivity contribution in [1.82, 2.24) is 0 Å². The highest BCUT2D eigenvalue weighted by atomic mass is 32.1. The molecule has 2 heteroatoms. The number of aryl methyl sites for hydroxylation is 2. The van der Waals surface area contributed by atoms with E-state index in [4.69, 9.17) is 0 Å². The van der Waals surface area contributed by atoms with Gasteiger partial charge in [-0.2, -0.15) is 0 Å². The third-order valence-electron chi connectivity index (χ3n) is 6.47. The van der Waals surface area contributed by atoms with Crippen molar-refractivity contribution in [1.29, 1.82) is 0 Å². The molecule has 0 radical (unpaired) electrons. The Kier molecular flexibility index (Phi) is 2.84. The van der Waals surface area contributed by atoms with E-state index in [1.807, 2.05) is 22.7 Å². The molecule has 0 saturated heterocycles. The lowest BCUT2D eigenvalue weighted by atomic mass is 9.98. The molecule has 2 aliphatic rings. The smallest absolute Gasteiger partial charge is 0.0387 e. The molecule has 7 rings (SSSR count). The Morgan fingerprint density at radius 1 is 0.571 bits per heavy atom. The number of thiophene rings is 2. The van der Waals surface area contributed by atoms with E-state index in [0.29, 0.717) is 0 Å². The van der Waals surface area contributed by atoms with Crippen molar-refractivity contribution >= 4 is 42.8 Å². The zero-order valence-corrected chi connectivity index (χ0v) is 17.5. The quantitative estimate of drug-likeness (QED) is 0.245. The van der Waals surface area contributed by atoms with Gasteiger partial charge in [0, 0.05) is 32.0 Å². The summed E-state index contributed by atoms with van der Waals surface area (Å²) >= 11 is 3.90. The van der Waals surface area contributed by atoms with Gasteiger partial charge in [-0.1, -0.05) is 24.3 Å². The predicted octanol–water partition coefficient (Wildman–Crippen LogP) is 7.88. The van der Waals surface area contributed by atoms with Crippen molar-refractivity contribution in [3.05, 3.63) is 80.5 Å². The van der Waals surface area contributed by atoms with Gasteiger partial charge in [0.2, 0.25) is 0 Å². The predicted molar refractivity (Wildman–Crippen MR) is 123 cm³/mol. The van der Waals surface area contributed by atoms with E-state index in [2.05, 4.69) is 62.4 Å². The van der Waals surface area contributed by atoms with E-state index >= 15 is 0 Å². The van der Waals surface area contributed by atoms with Crippen LogP contribution in [0.2, 0.25) is 0 Å². The molecule has 0 amide bonds. The van der Waals surface area contributed by atoms with E-state index in [1.165, 1.54) is 63.3 Å². The Labute approximate surface area is 172 Å². The summed E-state index contributed by atoms with van der Waals surface area (Å²) in [7, 11) is 0. The molecule has 0 N–H and O–H groups in total. The first-order chi connectivity index (χ1) is 13.7. The maximum absolute atomic E-state index is 2.50. The van der Waals surface area contributed by atoms with E-state index in [0.717, 1.165) is 12.8 Å². The molecule has 0 saturated carbocycles. The van der Waals surface area contributed by atoms with Crippen molar-refractivity contribution in [3.8, 4) is 22.3 Å². The maximum atomic E-state index is 2.50. The van der Waals surface area contributed by atoms with Crippen molar-refractivity contribution in [2.75, 3.05) is 0 Å². The molecule has 0 bridgehead atoms. The van der Waals surface area contributed by atoms with Crippen LogP contribution in [0.15, 0.2) is 48.5 Å². The van der Waals surface area contributed by atoms with Crippen molar-refractivity contribution in [2.45, 2.75) is 26.7 Å². The number of fused-ring (bicyclic) bond motifs is 10. The van der Waals surface area contributed by atoms with Crippen LogP contribution < -0.4 is 0 Å². The average Bonchev–Trinajstić information content (AvgIpc) is 3.39. The first-order valence-electron chi connectivity index (χ1n) is 9.86. The van der Waals surface area contributed by atoms with E-state index < -0.39 is 0 Å². The van der Waals surface area contributed by atoms with Gasteiger partial charge in [-0.25, -0.2) is 0 Å². The Morgan fingerprint density at radius 3 is 1.50 bits per heavy atom. The molecule has 28 heavy (non-hydrogen) atoms. The van der Waals surface area contributed by atoms with Crippen molar-refractivity contribution in [2.24, 2.45) is 0 Å². The average molecular weight is 395 g/mol. The Hall–Kier alpha value is -2.42. The van der Waals surface area contributed by atoms with Gasteiger partial charge in [-0.3, -0.25) is 0 Å². The summed E-state index contributed by atoms with van der Waals surface area (Å²) in [6.07, 6.45) is 2.15. The third-order valence-corrected chi connectivity index (χ3v) is 8.72. The van der Waals surface area contributed by atoms with Gasteiger partial charge in [0.1, 0.15) is 0 Å². The van der Waals surface area contributed by atoms with Gasteiger partial charge >= 0.3 is 0 Å². The molecule has 2 aromatic heterocycles. The lowest BCUT2D eigenvalue weighted by Crippen LogP contribution is -1.85. The van der Waals surface area contributed by atoms with Crippen LogP contribution in [0.5, 0.6) is 0 Å². The fourth-order valence-corrected chi connectivity index (χ4v) is 7.42. The third kappa shape index (κ3) is 1.90. The first-order valence-corrected chi connectivity index (χ1v) is 11.5. The largest absolute Gasteiger partial charge is 0.140 e. The van der Waals surface area contributed by atoms with Gasteiger partial charge in [-0.15, -0.1) is 22.7 Å². The zero-order valence-electron chi connectivity index (χ0n) is 15.8. The molecule has 134 valence electrons. The minimum Gasteiger partial charge on any atom is -0.140 e. The van der Waals surface area contributed by atoms with Gasteiger partial charge in [0.05, 0.1) is 0 Å². The van der Waals surface area contributed by atoms with Crippen LogP contribution in [0.25, 0.3) is 42.4 Å². The van der Waals surface area contributed by atoms with Gasteiger partial charge < -0.3 is 0 Å². The normalized spacial score (nSPS) is 13.8. The minimum absolute atomic E-state index is 1.07.